The second-order valence-electron chi connectivity index (χ2n) is 6.46. The summed E-state index contributed by atoms with van der Waals surface area (Å²) in [5, 5.41) is 28.1. The van der Waals surface area contributed by atoms with Crippen LogP contribution >= 0.6 is 11.3 Å². The van der Waals surface area contributed by atoms with Crippen LogP contribution in [0.1, 0.15) is 22.3 Å². The van der Waals surface area contributed by atoms with Crippen molar-refractivity contribution in [1.29, 1.82) is 5.26 Å². The molecule has 0 spiro atoms. The van der Waals surface area contributed by atoms with Crippen LogP contribution in [-0.2, 0) is 11.2 Å². The van der Waals surface area contributed by atoms with E-state index in [2.05, 4.69) is 10.6 Å². The number of carbonyl (C=O) groups excluding carboxylic acids is 2. The number of thiophene rings is 1. The van der Waals surface area contributed by atoms with E-state index in [0.29, 0.717) is 0 Å². The zero-order chi connectivity index (χ0) is 21.5. The van der Waals surface area contributed by atoms with Gasteiger partial charge >= 0.3 is 0 Å². The summed E-state index contributed by atoms with van der Waals surface area (Å²) < 4.78 is 1.06. The molecular weight excluding hydrogens is 404 g/mol. The van der Waals surface area contributed by atoms with Gasteiger partial charge in [0.15, 0.2) is 0 Å². The van der Waals surface area contributed by atoms with Gasteiger partial charge in [0.1, 0.15) is 11.6 Å². The van der Waals surface area contributed by atoms with Crippen molar-refractivity contribution >= 4 is 38.9 Å². The summed E-state index contributed by atoms with van der Waals surface area (Å²) in [6.45, 7) is 0.150. The molecule has 0 aliphatic carbocycles. The van der Waals surface area contributed by atoms with Gasteiger partial charge in [-0.25, -0.2) is 0 Å². The highest BCUT2D eigenvalue weighted by Crippen LogP contribution is 2.27. The van der Waals surface area contributed by atoms with Gasteiger partial charge in [0.05, 0.1) is 17.4 Å². The Bertz CT molecular complexity index is 1140. The number of fused-ring (bicyclic) bond motifs is 1. The number of nitro groups is 1. The summed E-state index contributed by atoms with van der Waals surface area (Å²) in [5.41, 5.74) is 0.436. The first kappa shape index (κ1) is 21.0. The lowest BCUT2D eigenvalue weighted by Crippen LogP contribution is -2.48. The van der Waals surface area contributed by atoms with Crippen LogP contribution in [-0.4, -0.2) is 29.3 Å². The average Bonchev–Trinajstić information content (AvgIpc) is 3.16. The molecule has 2 amide bonds. The predicted molar refractivity (Wildman–Crippen MR) is 113 cm³/mol. The van der Waals surface area contributed by atoms with E-state index in [1.807, 2.05) is 35.7 Å². The number of nitriles is 1. The summed E-state index contributed by atoms with van der Waals surface area (Å²) in [6.07, 6.45) is 0.354. The molecule has 0 saturated heterocycles. The summed E-state index contributed by atoms with van der Waals surface area (Å²) in [5.74, 6) is -1.16. The van der Waals surface area contributed by atoms with E-state index in [1.54, 1.807) is 0 Å². The predicted octanol–water partition coefficient (Wildman–Crippen LogP) is 3.18. The van der Waals surface area contributed by atoms with Gasteiger partial charge in [-0.15, -0.1) is 11.3 Å². The first-order valence-corrected chi connectivity index (χ1v) is 10.0. The molecular formula is C21H18N4O4S. The molecule has 9 heteroatoms. The Labute approximate surface area is 176 Å². The Hall–Kier alpha value is -3.77. The molecule has 1 aromatic heterocycles. The molecule has 30 heavy (non-hydrogen) atoms. The first-order valence-electron chi connectivity index (χ1n) is 9.15. The van der Waals surface area contributed by atoms with Crippen LogP contribution in [0.2, 0.25) is 0 Å². The fourth-order valence-electron chi connectivity index (χ4n) is 3.05. The lowest BCUT2D eigenvalue weighted by molar-refractivity contribution is -0.385. The van der Waals surface area contributed by atoms with E-state index in [4.69, 9.17) is 5.26 Å². The smallest absolute Gasteiger partial charge is 0.282 e. The maximum Gasteiger partial charge on any atom is 0.282 e. The van der Waals surface area contributed by atoms with Gasteiger partial charge in [-0.2, -0.15) is 5.26 Å². The standard InChI is InChI=1S/C21H18N4O4S/c22-10-5-11-23-21(27)17(12-14-13-30-19-9-4-2-6-15(14)19)24-20(26)16-7-1-3-8-18(16)25(28)29/h1-4,6-9,13,17H,5,11-12H2,(H,23,27)(H,24,26). The molecule has 1 heterocycles. The number of hydrogen-bond donors (Lipinski definition) is 2. The maximum absolute atomic E-state index is 12.8. The molecule has 0 fully saturated rings. The first-order chi connectivity index (χ1) is 14.5. The van der Waals surface area contributed by atoms with E-state index in [1.165, 1.54) is 35.6 Å². The maximum atomic E-state index is 12.8. The molecule has 3 rings (SSSR count). The van der Waals surface area contributed by atoms with Gasteiger partial charge in [-0.1, -0.05) is 30.3 Å². The van der Waals surface area contributed by atoms with Crippen molar-refractivity contribution < 1.29 is 14.5 Å². The molecule has 0 saturated carbocycles. The Kier molecular flexibility index (Phi) is 6.72. The third-order valence-electron chi connectivity index (χ3n) is 4.49. The highest BCUT2D eigenvalue weighted by molar-refractivity contribution is 7.17. The molecule has 3 aromatic rings. The summed E-state index contributed by atoms with van der Waals surface area (Å²) in [7, 11) is 0. The number of nitro benzene ring substituents is 1. The largest absolute Gasteiger partial charge is 0.353 e. The number of para-hydroxylation sites is 1. The van der Waals surface area contributed by atoms with E-state index in [9.17, 15) is 19.7 Å². The third kappa shape index (κ3) is 4.79. The average molecular weight is 422 g/mol. The molecule has 0 bridgehead atoms. The van der Waals surface area contributed by atoms with Gasteiger partial charge in [0.2, 0.25) is 5.91 Å². The minimum absolute atomic E-state index is 0.118. The molecule has 1 unspecified atom stereocenters. The Morgan fingerprint density at radius 3 is 2.67 bits per heavy atom. The topological polar surface area (TPSA) is 125 Å². The summed E-state index contributed by atoms with van der Waals surface area (Å²) in [6, 6.07) is 14.3. The quantitative estimate of drug-likeness (QED) is 0.328. The van der Waals surface area contributed by atoms with Gasteiger partial charge in [0.25, 0.3) is 11.6 Å². The molecule has 1 atom stereocenters. The number of nitrogens with zero attached hydrogens (tertiary/aromatic N) is 2. The molecule has 8 nitrogen and oxygen atoms in total. The number of nitrogens with one attached hydrogen (secondary N) is 2. The van der Waals surface area contributed by atoms with Crippen LogP contribution in [0.5, 0.6) is 0 Å². The number of benzene rings is 2. The number of rotatable bonds is 8. The van der Waals surface area contributed by atoms with E-state index < -0.39 is 22.8 Å². The van der Waals surface area contributed by atoms with Crippen molar-refractivity contribution in [2.24, 2.45) is 0 Å². The zero-order valence-electron chi connectivity index (χ0n) is 15.8. The van der Waals surface area contributed by atoms with Crippen LogP contribution < -0.4 is 10.6 Å². The van der Waals surface area contributed by atoms with Crippen molar-refractivity contribution in [3.05, 3.63) is 75.2 Å². The van der Waals surface area contributed by atoms with Crippen LogP contribution in [0.15, 0.2) is 53.9 Å². The SMILES string of the molecule is N#CCCNC(=O)C(Cc1csc2ccccc12)NC(=O)c1ccccc1[N+](=O)[O-]. The lowest BCUT2D eigenvalue weighted by Gasteiger charge is -2.18. The Morgan fingerprint density at radius 1 is 1.17 bits per heavy atom. The number of hydrogen-bond acceptors (Lipinski definition) is 6. The minimum atomic E-state index is -0.950. The molecule has 0 aliphatic heterocycles. The highest BCUT2D eigenvalue weighted by Gasteiger charge is 2.26. The molecule has 2 N–H and O–H groups in total. The normalized spacial score (nSPS) is 11.4. The van der Waals surface area contributed by atoms with Crippen LogP contribution in [0.4, 0.5) is 5.69 Å². The summed E-state index contributed by atoms with van der Waals surface area (Å²) in [4.78, 5) is 36.1. The van der Waals surface area contributed by atoms with Crippen molar-refractivity contribution in [3.63, 3.8) is 0 Å². The molecule has 0 radical (unpaired) electrons. The number of amides is 2. The minimum Gasteiger partial charge on any atom is -0.353 e. The Balaban J connectivity index is 1.86. The van der Waals surface area contributed by atoms with Gasteiger partial charge in [-0.3, -0.25) is 19.7 Å². The third-order valence-corrected chi connectivity index (χ3v) is 5.50. The fraction of sp³-hybridized carbons (Fsp3) is 0.190. The van der Waals surface area contributed by atoms with Crippen molar-refractivity contribution in [2.45, 2.75) is 18.9 Å². The summed E-state index contributed by atoms with van der Waals surface area (Å²) >= 11 is 1.53. The van der Waals surface area contributed by atoms with E-state index >= 15 is 0 Å². The van der Waals surface area contributed by atoms with Gasteiger partial charge in [0, 0.05) is 23.7 Å². The second kappa shape index (κ2) is 9.62. The molecule has 152 valence electrons. The Morgan fingerprint density at radius 2 is 1.90 bits per heavy atom. The van der Waals surface area contributed by atoms with Crippen molar-refractivity contribution in [2.75, 3.05) is 6.54 Å². The number of carbonyl (C=O) groups is 2. The van der Waals surface area contributed by atoms with E-state index in [0.717, 1.165) is 15.6 Å². The fourth-order valence-corrected chi connectivity index (χ4v) is 4.02. The van der Waals surface area contributed by atoms with Gasteiger partial charge in [-0.05, 0) is 28.5 Å². The van der Waals surface area contributed by atoms with Crippen LogP contribution in [0.3, 0.4) is 0 Å². The molecule has 2 aromatic carbocycles. The highest BCUT2D eigenvalue weighted by atomic mass is 32.1. The lowest BCUT2D eigenvalue weighted by atomic mass is 10.0. The van der Waals surface area contributed by atoms with Crippen molar-refractivity contribution in [1.82, 2.24) is 10.6 Å². The van der Waals surface area contributed by atoms with Crippen LogP contribution in [0.25, 0.3) is 10.1 Å². The molecule has 0 aliphatic rings. The van der Waals surface area contributed by atoms with Gasteiger partial charge < -0.3 is 10.6 Å². The van der Waals surface area contributed by atoms with Crippen LogP contribution in [0, 0.1) is 21.4 Å². The second-order valence-corrected chi connectivity index (χ2v) is 7.37. The van der Waals surface area contributed by atoms with E-state index in [-0.39, 0.29) is 30.6 Å². The zero-order valence-corrected chi connectivity index (χ0v) is 16.6. The van der Waals surface area contributed by atoms with Crippen molar-refractivity contribution in [3.8, 4) is 6.07 Å². The monoisotopic (exact) mass is 422 g/mol.